The van der Waals surface area contributed by atoms with E-state index in [0.29, 0.717) is 24.0 Å². The normalized spacial score (nSPS) is 12.7. The zero-order valence-corrected chi connectivity index (χ0v) is 14.7. The summed E-state index contributed by atoms with van der Waals surface area (Å²) >= 11 is 0. The van der Waals surface area contributed by atoms with Crippen LogP contribution in [0.5, 0.6) is 0 Å². The monoisotopic (exact) mass is 369 g/mol. The highest BCUT2D eigenvalue weighted by Gasteiger charge is 2.31. The molecule has 1 heterocycles. The molecule has 0 aromatic heterocycles. The van der Waals surface area contributed by atoms with Gasteiger partial charge >= 0.3 is 5.97 Å². The third-order valence-electron chi connectivity index (χ3n) is 5.42. The summed E-state index contributed by atoms with van der Waals surface area (Å²) < 4.78 is 0. The van der Waals surface area contributed by atoms with Crippen LogP contribution >= 0.6 is 0 Å². The fourth-order valence-electron chi connectivity index (χ4n) is 4.24. The third-order valence-corrected chi connectivity index (χ3v) is 5.42. The largest absolute Gasteiger partial charge is 0.478 e. The minimum atomic E-state index is -1.13. The summed E-state index contributed by atoms with van der Waals surface area (Å²) in [6, 6.07) is 18.5. The molecule has 4 aromatic carbocycles. The summed E-state index contributed by atoms with van der Waals surface area (Å²) in [5.41, 5.74) is 2.44. The zero-order valence-electron chi connectivity index (χ0n) is 14.7. The van der Waals surface area contributed by atoms with Gasteiger partial charge in [0.2, 0.25) is 0 Å². The molecule has 0 amide bonds. The number of anilines is 2. The highest BCUT2D eigenvalue weighted by atomic mass is 16.5. The molecule has 0 unspecified atom stereocenters. The number of benzene rings is 4. The van der Waals surface area contributed by atoms with Crippen molar-refractivity contribution < 1.29 is 19.9 Å². The van der Waals surface area contributed by atoms with Gasteiger partial charge in [0.25, 0.3) is 0 Å². The van der Waals surface area contributed by atoms with Crippen molar-refractivity contribution in [1.29, 1.82) is 0 Å². The molecule has 0 saturated carbocycles. The molecule has 5 heteroatoms. The average Bonchev–Trinajstić information content (AvgIpc) is 2.72. The van der Waals surface area contributed by atoms with E-state index in [1.165, 1.54) is 0 Å². The molecule has 5 nitrogen and oxygen atoms in total. The fraction of sp³-hybridized carbons (Fsp3) is 0.0435. The van der Waals surface area contributed by atoms with Crippen molar-refractivity contribution in [3.63, 3.8) is 0 Å². The summed E-state index contributed by atoms with van der Waals surface area (Å²) in [5.74, 6) is -1.13. The summed E-state index contributed by atoms with van der Waals surface area (Å²) in [4.78, 5) is 23.7. The van der Waals surface area contributed by atoms with Crippen LogP contribution in [0.25, 0.3) is 21.5 Å². The lowest BCUT2D eigenvalue weighted by Gasteiger charge is -2.32. The van der Waals surface area contributed by atoms with Gasteiger partial charge in [0.1, 0.15) is 0 Å². The van der Waals surface area contributed by atoms with Gasteiger partial charge in [-0.1, -0.05) is 48.5 Å². The number of carbonyl (C=O) groups excluding carboxylic acids is 1. The smallest absolute Gasteiger partial charge is 0.337 e. The first kappa shape index (κ1) is 16.5. The first-order valence-corrected chi connectivity index (χ1v) is 8.87. The first-order valence-electron chi connectivity index (χ1n) is 8.87. The topological polar surface area (TPSA) is 77.8 Å². The molecule has 0 spiro atoms. The molecular weight excluding hydrogens is 354 g/mol. The fourth-order valence-corrected chi connectivity index (χ4v) is 4.24. The Morgan fingerprint density at radius 1 is 0.893 bits per heavy atom. The van der Waals surface area contributed by atoms with E-state index < -0.39 is 5.97 Å². The second-order valence-electron chi connectivity index (χ2n) is 6.90. The van der Waals surface area contributed by atoms with Crippen molar-refractivity contribution in [3.05, 3.63) is 82.9 Å². The highest BCUT2D eigenvalue weighted by molar-refractivity contribution is 6.08. The number of hydrogen-bond acceptors (Lipinski definition) is 4. The van der Waals surface area contributed by atoms with Crippen LogP contribution < -0.4 is 5.06 Å². The van der Waals surface area contributed by atoms with E-state index in [1.807, 2.05) is 48.5 Å². The molecule has 136 valence electrons. The Hall–Kier alpha value is -3.70. The van der Waals surface area contributed by atoms with Crippen LogP contribution in [-0.4, -0.2) is 22.6 Å². The molecular formula is C23H15NO4. The number of rotatable bonds is 2. The maximum absolute atomic E-state index is 11.9. The number of carboxylic acid groups (broad SMARTS) is 1. The van der Waals surface area contributed by atoms with Gasteiger partial charge in [-0.05, 0) is 44.8 Å². The lowest BCUT2D eigenvalue weighted by Crippen LogP contribution is -2.24. The summed E-state index contributed by atoms with van der Waals surface area (Å²) in [6.07, 6.45) is 1.12. The second kappa shape index (κ2) is 5.90. The third kappa shape index (κ3) is 2.17. The van der Waals surface area contributed by atoms with E-state index in [1.54, 1.807) is 12.1 Å². The molecule has 1 aliphatic rings. The Labute approximate surface area is 160 Å². The average molecular weight is 369 g/mol. The van der Waals surface area contributed by atoms with Gasteiger partial charge in [-0.25, -0.2) is 9.86 Å². The zero-order chi connectivity index (χ0) is 19.4. The van der Waals surface area contributed by atoms with E-state index in [0.717, 1.165) is 37.7 Å². The van der Waals surface area contributed by atoms with Gasteiger partial charge in [-0.3, -0.25) is 10.0 Å². The predicted molar refractivity (Wildman–Crippen MR) is 107 cm³/mol. The second-order valence-corrected chi connectivity index (χ2v) is 6.90. The molecule has 4 aromatic rings. The summed E-state index contributed by atoms with van der Waals surface area (Å²) in [6.45, 7) is 0. The molecule has 0 bridgehead atoms. The number of carboxylic acids is 1. The van der Waals surface area contributed by atoms with Gasteiger partial charge in [0, 0.05) is 12.0 Å². The van der Waals surface area contributed by atoms with Crippen molar-refractivity contribution in [1.82, 2.24) is 0 Å². The Bertz CT molecular complexity index is 1310. The van der Waals surface area contributed by atoms with E-state index >= 15 is 0 Å². The van der Waals surface area contributed by atoms with E-state index in [9.17, 15) is 19.9 Å². The molecule has 0 fully saturated rings. The molecule has 0 saturated heterocycles. The Balaban J connectivity index is 1.93. The van der Waals surface area contributed by atoms with Gasteiger partial charge in [-0.15, -0.1) is 0 Å². The molecule has 0 aliphatic carbocycles. The van der Waals surface area contributed by atoms with Gasteiger partial charge in [0.15, 0.2) is 6.29 Å². The minimum absolute atomic E-state index is 0.00635. The number of aldehydes is 1. The first-order chi connectivity index (χ1) is 13.6. The van der Waals surface area contributed by atoms with E-state index in [-0.39, 0.29) is 11.3 Å². The van der Waals surface area contributed by atoms with Crippen LogP contribution in [-0.2, 0) is 6.42 Å². The van der Waals surface area contributed by atoms with Crippen LogP contribution in [0.3, 0.4) is 0 Å². The molecule has 5 rings (SSSR count). The highest BCUT2D eigenvalue weighted by Crippen LogP contribution is 2.46. The van der Waals surface area contributed by atoms with E-state index in [4.69, 9.17) is 0 Å². The number of hydrogen-bond donors (Lipinski definition) is 2. The van der Waals surface area contributed by atoms with Crippen molar-refractivity contribution in [2.75, 3.05) is 5.06 Å². The van der Waals surface area contributed by atoms with Crippen molar-refractivity contribution in [2.45, 2.75) is 6.42 Å². The number of carbonyl (C=O) groups is 2. The Morgan fingerprint density at radius 2 is 1.46 bits per heavy atom. The molecule has 0 radical (unpaired) electrons. The number of fused-ring (bicyclic) bond motifs is 6. The van der Waals surface area contributed by atoms with Crippen LogP contribution in [0, 0.1) is 0 Å². The maximum Gasteiger partial charge on any atom is 0.337 e. The molecule has 28 heavy (non-hydrogen) atoms. The van der Waals surface area contributed by atoms with Gasteiger partial charge in [0.05, 0.1) is 16.9 Å². The van der Waals surface area contributed by atoms with Crippen molar-refractivity contribution in [3.8, 4) is 0 Å². The quantitative estimate of drug-likeness (QED) is 0.490. The SMILES string of the molecule is O=Cc1cc2ccccc2c2c1N(O)c1c(C(=O)O)cc3ccccc3c1C2. The van der Waals surface area contributed by atoms with Gasteiger partial charge < -0.3 is 5.11 Å². The van der Waals surface area contributed by atoms with Crippen LogP contribution in [0.4, 0.5) is 11.4 Å². The Morgan fingerprint density at radius 3 is 2.07 bits per heavy atom. The van der Waals surface area contributed by atoms with E-state index in [2.05, 4.69) is 0 Å². The van der Waals surface area contributed by atoms with Crippen LogP contribution in [0.15, 0.2) is 60.7 Å². The lowest BCUT2D eigenvalue weighted by atomic mass is 9.86. The van der Waals surface area contributed by atoms with Crippen LogP contribution in [0.1, 0.15) is 31.8 Å². The molecule has 2 N–H and O–H groups in total. The van der Waals surface area contributed by atoms with Crippen LogP contribution in [0.2, 0.25) is 0 Å². The minimum Gasteiger partial charge on any atom is -0.478 e. The van der Waals surface area contributed by atoms with Crippen molar-refractivity contribution in [2.24, 2.45) is 0 Å². The molecule has 0 atom stereocenters. The molecule has 1 aliphatic heterocycles. The van der Waals surface area contributed by atoms with Gasteiger partial charge in [-0.2, -0.15) is 0 Å². The van der Waals surface area contributed by atoms with Crippen molar-refractivity contribution >= 4 is 45.2 Å². The summed E-state index contributed by atoms with van der Waals surface area (Å²) in [7, 11) is 0. The maximum atomic E-state index is 11.9. The number of nitrogens with zero attached hydrogens (tertiary/aromatic N) is 1. The Kier molecular flexibility index (Phi) is 3.47. The lowest BCUT2D eigenvalue weighted by molar-refractivity contribution is 0.0696. The predicted octanol–water partition coefficient (Wildman–Crippen LogP) is 4.94. The number of aromatic carboxylic acids is 1. The summed E-state index contributed by atoms with van der Waals surface area (Å²) in [5, 5.41) is 25.2. The standard InChI is InChI=1S/C23H15NO4/c25-12-15-9-13-5-1-3-7-16(13)18-11-19-17-8-4-2-6-14(17)10-20(23(26)27)22(19)24(28)21(15)18/h1-10,12,28H,11H2,(H,26,27).